The topological polar surface area (TPSA) is 21.3 Å². The van der Waals surface area contributed by atoms with Crippen LogP contribution in [0.1, 0.15) is 0 Å². The van der Waals surface area contributed by atoms with Gasteiger partial charge in [-0.3, -0.25) is 0 Å². The number of likely N-dealkylation sites (N-methyl/N-ethyl adjacent to an activating group) is 1. The van der Waals surface area contributed by atoms with Gasteiger partial charge in [0.2, 0.25) is 0 Å². The molecular formula is C18H18N2O. The van der Waals surface area contributed by atoms with E-state index in [0.29, 0.717) is 0 Å². The number of aromatic nitrogens is 1. The molecule has 0 unspecified atom stereocenters. The maximum absolute atomic E-state index is 6.12. The van der Waals surface area contributed by atoms with Crippen LogP contribution in [0.5, 0.6) is 0 Å². The Labute approximate surface area is 123 Å². The Hall–Kier alpha value is -2.26. The van der Waals surface area contributed by atoms with Gasteiger partial charge in [0.05, 0.1) is 11.0 Å². The average Bonchev–Trinajstić information content (AvgIpc) is 3.00. The fourth-order valence-electron chi connectivity index (χ4n) is 3.04. The summed E-state index contributed by atoms with van der Waals surface area (Å²) in [7, 11) is 4.22. The third kappa shape index (κ3) is 1.85. The number of hydrogen-bond acceptors (Lipinski definition) is 2. The number of rotatable bonds is 3. The van der Waals surface area contributed by atoms with Crippen molar-refractivity contribution in [1.82, 2.24) is 9.47 Å². The molecule has 0 amide bonds. The van der Waals surface area contributed by atoms with E-state index in [0.717, 1.165) is 24.3 Å². The third-order valence-corrected chi connectivity index (χ3v) is 4.05. The fraction of sp³-hybridized carbons (Fsp3) is 0.222. The summed E-state index contributed by atoms with van der Waals surface area (Å²) in [6.45, 7) is 1.97. The zero-order chi connectivity index (χ0) is 14.4. The van der Waals surface area contributed by atoms with Gasteiger partial charge in [-0.25, -0.2) is 0 Å². The van der Waals surface area contributed by atoms with Crippen LogP contribution in [0, 0.1) is 0 Å². The molecule has 4 aromatic rings. The molecule has 21 heavy (non-hydrogen) atoms. The molecule has 0 saturated carbocycles. The summed E-state index contributed by atoms with van der Waals surface area (Å²) in [6.07, 6.45) is 0. The maximum Gasteiger partial charge on any atom is 0.161 e. The summed E-state index contributed by atoms with van der Waals surface area (Å²) >= 11 is 0. The van der Waals surface area contributed by atoms with Gasteiger partial charge in [-0.15, -0.1) is 0 Å². The summed E-state index contributed by atoms with van der Waals surface area (Å²) in [5.41, 5.74) is 4.44. The molecule has 0 aliphatic heterocycles. The minimum atomic E-state index is 0.959. The molecule has 0 N–H and O–H groups in total. The highest BCUT2D eigenvalue weighted by Crippen LogP contribution is 2.36. The lowest BCUT2D eigenvalue weighted by molar-refractivity contribution is 0.389. The Morgan fingerprint density at radius 1 is 0.952 bits per heavy atom. The van der Waals surface area contributed by atoms with Crippen LogP contribution in [0.25, 0.3) is 33.0 Å². The first-order chi connectivity index (χ1) is 10.3. The highest BCUT2D eigenvalue weighted by atomic mass is 16.3. The Balaban J connectivity index is 2.09. The predicted octanol–water partition coefficient (Wildman–Crippen LogP) is 4.10. The van der Waals surface area contributed by atoms with Gasteiger partial charge in [0.15, 0.2) is 5.58 Å². The Morgan fingerprint density at radius 2 is 1.67 bits per heavy atom. The molecule has 106 valence electrons. The monoisotopic (exact) mass is 278 g/mol. The Morgan fingerprint density at radius 3 is 2.48 bits per heavy atom. The van der Waals surface area contributed by atoms with Crippen LogP contribution in [-0.4, -0.2) is 30.1 Å². The second kappa shape index (κ2) is 4.64. The molecule has 0 saturated heterocycles. The lowest BCUT2D eigenvalue weighted by Gasteiger charge is -2.12. The number of furan rings is 1. The van der Waals surface area contributed by atoms with E-state index in [-0.39, 0.29) is 0 Å². The van der Waals surface area contributed by atoms with Crippen molar-refractivity contribution in [2.24, 2.45) is 0 Å². The molecule has 0 spiro atoms. The van der Waals surface area contributed by atoms with Crippen LogP contribution in [-0.2, 0) is 6.54 Å². The molecule has 3 nitrogen and oxygen atoms in total. The quantitative estimate of drug-likeness (QED) is 0.562. The van der Waals surface area contributed by atoms with Gasteiger partial charge in [-0.05, 0) is 38.4 Å². The number of hydrogen-bond donors (Lipinski definition) is 0. The van der Waals surface area contributed by atoms with Crippen molar-refractivity contribution in [3.05, 3.63) is 48.5 Å². The van der Waals surface area contributed by atoms with Crippen LogP contribution >= 0.6 is 0 Å². The number of nitrogens with zero attached hydrogens (tertiary/aromatic N) is 2. The van der Waals surface area contributed by atoms with Crippen molar-refractivity contribution in [3.63, 3.8) is 0 Å². The summed E-state index contributed by atoms with van der Waals surface area (Å²) in [4.78, 5) is 2.21. The second-order valence-electron chi connectivity index (χ2n) is 5.75. The minimum absolute atomic E-state index is 0.959. The lowest BCUT2D eigenvalue weighted by Crippen LogP contribution is -2.18. The summed E-state index contributed by atoms with van der Waals surface area (Å²) in [6, 6.07) is 16.8. The normalized spacial score (nSPS) is 12.1. The van der Waals surface area contributed by atoms with Crippen LogP contribution in [0.4, 0.5) is 0 Å². The first-order valence-corrected chi connectivity index (χ1v) is 7.29. The summed E-state index contributed by atoms with van der Waals surface area (Å²) in [5.74, 6) is 0. The van der Waals surface area contributed by atoms with Gasteiger partial charge < -0.3 is 13.9 Å². The molecule has 3 heteroatoms. The molecular weight excluding hydrogens is 260 g/mol. The van der Waals surface area contributed by atoms with Gasteiger partial charge >= 0.3 is 0 Å². The van der Waals surface area contributed by atoms with Gasteiger partial charge in [0.1, 0.15) is 5.58 Å². The standard InChI is InChI=1S/C18H18N2O/c1-19(2)11-12-20-15-9-5-3-7-13(15)18-17(20)14-8-4-6-10-16(14)21-18/h3-10H,11-12H2,1-2H3. The number of fused-ring (bicyclic) bond motifs is 5. The van der Waals surface area contributed by atoms with E-state index in [1.807, 2.05) is 12.1 Å². The first-order valence-electron chi connectivity index (χ1n) is 7.29. The number of benzene rings is 2. The Kier molecular flexibility index (Phi) is 2.76. The molecule has 0 radical (unpaired) electrons. The molecule has 0 atom stereocenters. The molecule has 0 bridgehead atoms. The van der Waals surface area contributed by atoms with Gasteiger partial charge in [-0.2, -0.15) is 0 Å². The zero-order valence-corrected chi connectivity index (χ0v) is 12.3. The van der Waals surface area contributed by atoms with E-state index in [4.69, 9.17) is 4.42 Å². The van der Waals surface area contributed by atoms with Gasteiger partial charge in [0, 0.05) is 23.9 Å². The van der Waals surface area contributed by atoms with Gasteiger partial charge in [0.25, 0.3) is 0 Å². The van der Waals surface area contributed by atoms with E-state index in [2.05, 4.69) is 60.0 Å². The summed E-state index contributed by atoms with van der Waals surface area (Å²) in [5, 5.41) is 2.39. The first kappa shape index (κ1) is 12.5. The Bertz CT molecular complexity index is 924. The highest BCUT2D eigenvalue weighted by molar-refractivity contribution is 6.15. The molecule has 0 fully saturated rings. The van der Waals surface area contributed by atoms with Crippen molar-refractivity contribution < 1.29 is 4.42 Å². The second-order valence-corrected chi connectivity index (χ2v) is 5.75. The van der Waals surface area contributed by atoms with Crippen LogP contribution in [0.3, 0.4) is 0 Å². The van der Waals surface area contributed by atoms with Crippen molar-refractivity contribution in [1.29, 1.82) is 0 Å². The molecule has 0 aliphatic rings. The van der Waals surface area contributed by atoms with Crippen molar-refractivity contribution in [2.45, 2.75) is 6.54 Å². The average molecular weight is 278 g/mol. The molecule has 2 aromatic heterocycles. The smallest absolute Gasteiger partial charge is 0.161 e. The highest BCUT2D eigenvalue weighted by Gasteiger charge is 2.17. The van der Waals surface area contributed by atoms with Crippen molar-refractivity contribution in [2.75, 3.05) is 20.6 Å². The van der Waals surface area contributed by atoms with E-state index in [9.17, 15) is 0 Å². The lowest BCUT2D eigenvalue weighted by atomic mass is 10.2. The predicted molar refractivity (Wildman–Crippen MR) is 87.8 cm³/mol. The zero-order valence-electron chi connectivity index (χ0n) is 12.3. The van der Waals surface area contributed by atoms with E-state index >= 15 is 0 Å². The van der Waals surface area contributed by atoms with E-state index in [1.165, 1.54) is 21.8 Å². The van der Waals surface area contributed by atoms with E-state index in [1.54, 1.807) is 0 Å². The minimum Gasteiger partial charge on any atom is -0.454 e. The van der Waals surface area contributed by atoms with Crippen LogP contribution in [0.2, 0.25) is 0 Å². The molecule has 2 heterocycles. The molecule has 0 aliphatic carbocycles. The third-order valence-electron chi connectivity index (χ3n) is 4.05. The van der Waals surface area contributed by atoms with Crippen LogP contribution < -0.4 is 0 Å². The molecule has 2 aromatic carbocycles. The van der Waals surface area contributed by atoms with Crippen molar-refractivity contribution in [3.8, 4) is 0 Å². The fourth-order valence-corrected chi connectivity index (χ4v) is 3.04. The van der Waals surface area contributed by atoms with Crippen LogP contribution in [0.15, 0.2) is 52.9 Å². The SMILES string of the molecule is CN(C)CCn1c2ccccc2c2oc3ccccc3c21. The largest absolute Gasteiger partial charge is 0.454 e. The summed E-state index contributed by atoms with van der Waals surface area (Å²) < 4.78 is 8.50. The van der Waals surface area contributed by atoms with Gasteiger partial charge in [-0.1, -0.05) is 24.3 Å². The number of para-hydroxylation sites is 2. The molecule has 4 rings (SSSR count). The maximum atomic E-state index is 6.12. The van der Waals surface area contributed by atoms with Crippen molar-refractivity contribution >= 4 is 33.0 Å². The van der Waals surface area contributed by atoms with E-state index < -0.39 is 0 Å².